The van der Waals surface area contributed by atoms with Gasteiger partial charge in [0, 0.05) is 5.92 Å². The Bertz CT molecular complexity index is 367. The van der Waals surface area contributed by atoms with Gasteiger partial charge in [-0.05, 0) is 12.8 Å². The Morgan fingerprint density at radius 2 is 1.81 bits per heavy atom. The molecule has 1 heterocycles. The maximum absolute atomic E-state index is 13.5. The molecule has 1 saturated heterocycles. The lowest BCUT2D eigenvalue weighted by molar-refractivity contribution is -0.154. The van der Waals surface area contributed by atoms with Crippen LogP contribution in [0.4, 0.5) is 8.78 Å². The van der Waals surface area contributed by atoms with E-state index >= 15 is 0 Å². The van der Waals surface area contributed by atoms with Gasteiger partial charge < -0.3 is 10.8 Å². The molecule has 0 aromatic rings. The molecule has 0 aromatic heterocycles. The van der Waals surface area contributed by atoms with Crippen LogP contribution < -0.4 is 5.73 Å². The van der Waals surface area contributed by atoms with Crippen molar-refractivity contribution in [1.29, 1.82) is 0 Å². The van der Waals surface area contributed by atoms with Gasteiger partial charge in [-0.25, -0.2) is 17.2 Å². The Labute approximate surface area is 91.5 Å². The molecule has 1 fully saturated rings. The topological polar surface area (TPSA) is 97.5 Å². The minimum absolute atomic E-state index is 0.240. The van der Waals surface area contributed by atoms with Crippen molar-refractivity contribution in [1.82, 2.24) is 0 Å². The summed E-state index contributed by atoms with van der Waals surface area (Å²) in [6.45, 7) is 0. The Balaban J connectivity index is 2.75. The standard InChI is InChI=1S/C8H13F2NO4S/c9-8(10,6(11)7(12)13)5-1-3-16(14,15)4-2-5/h5-6H,1-4,11H2,(H,12,13). The van der Waals surface area contributed by atoms with Gasteiger partial charge in [0.15, 0.2) is 6.04 Å². The first-order valence-electron chi connectivity index (χ1n) is 4.73. The minimum atomic E-state index is -3.57. The van der Waals surface area contributed by atoms with Crippen molar-refractivity contribution in [2.75, 3.05) is 11.5 Å². The lowest BCUT2D eigenvalue weighted by Crippen LogP contribution is -2.52. The third-order valence-electron chi connectivity index (χ3n) is 2.78. The molecule has 0 amide bonds. The van der Waals surface area contributed by atoms with E-state index in [-0.39, 0.29) is 24.3 Å². The molecule has 1 aliphatic heterocycles. The molecule has 0 aromatic carbocycles. The molecule has 16 heavy (non-hydrogen) atoms. The molecule has 94 valence electrons. The number of carboxylic acid groups (broad SMARTS) is 1. The van der Waals surface area contributed by atoms with Crippen LogP contribution in [0.1, 0.15) is 12.8 Å². The summed E-state index contributed by atoms with van der Waals surface area (Å²) in [6.07, 6.45) is -0.480. The van der Waals surface area contributed by atoms with Crippen molar-refractivity contribution in [3.8, 4) is 0 Å². The molecule has 0 spiro atoms. The number of aliphatic carboxylic acids is 1. The third kappa shape index (κ3) is 2.67. The Hall–Kier alpha value is -0.760. The van der Waals surface area contributed by atoms with E-state index in [9.17, 15) is 22.0 Å². The second-order valence-corrected chi connectivity index (χ2v) is 6.22. The van der Waals surface area contributed by atoms with Gasteiger partial charge in [0.2, 0.25) is 0 Å². The van der Waals surface area contributed by atoms with Crippen molar-refractivity contribution >= 4 is 15.8 Å². The lowest BCUT2D eigenvalue weighted by atomic mass is 9.90. The highest BCUT2D eigenvalue weighted by molar-refractivity contribution is 7.91. The summed E-state index contributed by atoms with van der Waals surface area (Å²) in [7, 11) is -3.24. The predicted octanol–water partition coefficient (Wildman–Crippen LogP) is -0.142. The quantitative estimate of drug-likeness (QED) is 0.733. The van der Waals surface area contributed by atoms with Crippen molar-refractivity contribution in [3.05, 3.63) is 0 Å². The van der Waals surface area contributed by atoms with Gasteiger partial charge >= 0.3 is 5.97 Å². The maximum Gasteiger partial charge on any atom is 0.326 e. The molecule has 3 N–H and O–H groups in total. The van der Waals surface area contributed by atoms with Crippen LogP contribution in [-0.2, 0) is 14.6 Å². The SMILES string of the molecule is NC(C(=O)O)C(F)(F)C1CCS(=O)(=O)CC1. The van der Waals surface area contributed by atoms with E-state index in [1.165, 1.54) is 0 Å². The van der Waals surface area contributed by atoms with Crippen molar-refractivity contribution in [3.63, 3.8) is 0 Å². The number of rotatable bonds is 3. The highest BCUT2D eigenvalue weighted by Gasteiger charge is 2.50. The molecule has 0 radical (unpaired) electrons. The average molecular weight is 257 g/mol. The van der Waals surface area contributed by atoms with Crippen LogP contribution >= 0.6 is 0 Å². The number of hydrogen-bond donors (Lipinski definition) is 2. The Morgan fingerprint density at radius 3 is 2.19 bits per heavy atom. The molecule has 1 atom stereocenters. The monoisotopic (exact) mass is 257 g/mol. The summed E-state index contributed by atoms with van der Waals surface area (Å²) < 4.78 is 49.1. The van der Waals surface area contributed by atoms with Crippen molar-refractivity contribution in [2.24, 2.45) is 11.7 Å². The zero-order chi connectivity index (χ0) is 12.6. The molecule has 1 aliphatic rings. The van der Waals surface area contributed by atoms with Crippen molar-refractivity contribution < 1.29 is 27.1 Å². The first kappa shape index (κ1) is 13.3. The normalized spacial score (nSPS) is 23.9. The van der Waals surface area contributed by atoms with Crippen LogP contribution in [0.2, 0.25) is 0 Å². The Morgan fingerprint density at radius 1 is 1.38 bits per heavy atom. The summed E-state index contributed by atoms with van der Waals surface area (Å²) in [4.78, 5) is 10.4. The smallest absolute Gasteiger partial charge is 0.326 e. The molecule has 8 heteroatoms. The van der Waals surface area contributed by atoms with E-state index < -0.39 is 33.7 Å². The van der Waals surface area contributed by atoms with E-state index in [1.54, 1.807) is 0 Å². The lowest BCUT2D eigenvalue weighted by Gasteiger charge is -2.31. The molecule has 0 bridgehead atoms. The number of carboxylic acids is 1. The summed E-state index contributed by atoms with van der Waals surface area (Å²) in [5, 5.41) is 8.43. The highest BCUT2D eigenvalue weighted by atomic mass is 32.2. The molecule has 1 unspecified atom stereocenters. The van der Waals surface area contributed by atoms with Crippen molar-refractivity contribution in [2.45, 2.75) is 24.8 Å². The second-order valence-electron chi connectivity index (χ2n) is 3.92. The number of nitrogens with two attached hydrogens (primary N) is 1. The Kier molecular flexibility index (Phi) is 3.53. The summed E-state index contributed by atoms with van der Waals surface area (Å²) in [6, 6.07) is -2.28. The fourth-order valence-corrected chi connectivity index (χ4v) is 3.18. The zero-order valence-corrected chi connectivity index (χ0v) is 9.21. The average Bonchev–Trinajstić information content (AvgIpc) is 2.15. The minimum Gasteiger partial charge on any atom is -0.480 e. The number of hydrogen-bond acceptors (Lipinski definition) is 4. The number of carbonyl (C=O) groups is 1. The van der Waals surface area contributed by atoms with E-state index in [0.29, 0.717) is 0 Å². The van der Waals surface area contributed by atoms with Gasteiger partial charge in [0.1, 0.15) is 9.84 Å². The third-order valence-corrected chi connectivity index (χ3v) is 4.50. The van der Waals surface area contributed by atoms with E-state index in [0.717, 1.165) is 0 Å². The van der Waals surface area contributed by atoms with Crippen LogP contribution in [0.3, 0.4) is 0 Å². The fraction of sp³-hybridized carbons (Fsp3) is 0.875. The largest absolute Gasteiger partial charge is 0.480 e. The van der Waals surface area contributed by atoms with Crippen LogP contribution in [0.25, 0.3) is 0 Å². The van der Waals surface area contributed by atoms with Gasteiger partial charge in [0.05, 0.1) is 11.5 Å². The number of sulfone groups is 1. The molecular weight excluding hydrogens is 244 g/mol. The van der Waals surface area contributed by atoms with Crippen LogP contribution in [-0.4, -0.2) is 43.0 Å². The predicted molar refractivity (Wildman–Crippen MR) is 51.9 cm³/mol. The molecule has 0 saturated carbocycles. The summed E-state index contributed by atoms with van der Waals surface area (Å²) >= 11 is 0. The van der Waals surface area contributed by atoms with Crippen LogP contribution in [0.15, 0.2) is 0 Å². The molecule has 0 aliphatic carbocycles. The maximum atomic E-state index is 13.5. The van der Waals surface area contributed by atoms with Crippen LogP contribution in [0, 0.1) is 5.92 Å². The van der Waals surface area contributed by atoms with Crippen LogP contribution in [0.5, 0.6) is 0 Å². The van der Waals surface area contributed by atoms with E-state index in [2.05, 4.69) is 0 Å². The number of alkyl halides is 2. The first-order valence-corrected chi connectivity index (χ1v) is 6.55. The van der Waals surface area contributed by atoms with Gasteiger partial charge in [-0.3, -0.25) is 4.79 Å². The zero-order valence-electron chi connectivity index (χ0n) is 8.40. The van der Waals surface area contributed by atoms with Gasteiger partial charge in [-0.15, -0.1) is 0 Å². The van der Waals surface area contributed by atoms with Gasteiger partial charge in [-0.1, -0.05) is 0 Å². The second kappa shape index (κ2) is 4.25. The molecule has 1 rings (SSSR count). The van der Waals surface area contributed by atoms with E-state index in [1.807, 2.05) is 0 Å². The summed E-state index contributed by atoms with van der Waals surface area (Å²) in [5.41, 5.74) is 4.89. The first-order chi connectivity index (χ1) is 7.17. The fourth-order valence-electron chi connectivity index (χ4n) is 1.69. The molecular formula is C8H13F2NO4S. The number of halogens is 2. The van der Waals surface area contributed by atoms with Gasteiger partial charge in [0.25, 0.3) is 5.92 Å². The summed E-state index contributed by atoms with van der Waals surface area (Å²) in [5.74, 6) is -7.29. The highest BCUT2D eigenvalue weighted by Crippen LogP contribution is 2.35. The van der Waals surface area contributed by atoms with E-state index in [4.69, 9.17) is 10.8 Å². The molecule has 5 nitrogen and oxygen atoms in total. The van der Waals surface area contributed by atoms with Gasteiger partial charge in [-0.2, -0.15) is 0 Å².